The molecule has 0 bridgehead atoms. The third kappa shape index (κ3) is 8.57. The predicted octanol–water partition coefficient (Wildman–Crippen LogP) is 6.14. The molecule has 0 saturated heterocycles. The van der Waals surface area contributed by atoms with E-state index in [-0.39, 0.29) is 6.10 Å². The summed E-state index contributed by atoms with van der Waals surface area (Å²) in [5.41, 5.74) is 0.584. The van der Waals surface area contributed by atoms with E-state index < -0.39 is 0 Å². The molecule has 0 aliphatic rings. The Bertz CT molecular complexity index is 522. The first-order valence-electron chi connectivity index (χ1n) is 9.26. The van der Waals surface area contributed by atoms with Crippen LogP contribution in [-0.2, 0) is 0 Å². The van der Waals surface area contributed by atoms with Crippen molar-refractivity contribution in [3.8, 4) is 11.5 Å². The highest BCUT2D eigenvalue weighted by atomic mass is 16.5. The van der Waals surface area contributed by atoms with Gasteiger partial charge in [0, 0.05) is 12.0 Å². The molecule has 1 aromatic carbocycles. The molecule has 0 N–H and O–H groups in total. The molecule has 3 heteroatoms. The van der Waals surface area contributed by atoms with Crippen LogP contribution in [0.2, 0.25) is 0 Å². The lowest BCUT2D eigenvalue weighted by molar-refractivity contribution is 0.112. The molecule has 25 heavy (non-hydrogen) atoms. The van der Waals surface area contributed by atoms with Crippen LogP contribution in [0.15, 0.2) is 43.5 Å². The fourth-order valence-corrected chi connectivity index (χ4v) is 2.81. The zero-order chi connectivity index (χ0) is 18.3. The Labute approximate surface area is 152 Å². The quantitative estimate of drug-likeness (QED) is 0.218. The standard InChI is InChI=1S/C22H32O3/c1-4-6-7-8-9-10-11-12-14-20(13-5-2)25-21-16-15-19(18-23)17-22(21)24-3/h4-5,15-18,20H,1-2,6-14H2,3H3. The second kappa shape index (κ2) is 13.3. The van der Waals surface area contributed by atoms with Crippen molar-refractivity contribution in [1.82, 2.24) is 0 Å². The summed E-state index contributed by atoms with van der Waals surface area (Å²) < 4.78 is 11.5. The number of carbonyl (C=O) groups is 1. The van der Waals surface area contributed by atoms with E-state index in [2.05, 4.69) is 13.2 Å². The number of hydrogen-bond donors (Lipinski definition) is 0. The number of benzene rings is 1. The van der Waals surface area contributed by atoms with Crippen molar-refractivity contribution in [3.63, 3.8) is 0 Å². The van der Waals surface area contributed by atoms with Crippen molar-refractivity contribution in [2.24, 2.45) is 0 Å². The zero-order valence-corrected chi connectivity index (χ0v) is 15.5. The van der Waals surface area contributed by atoms with E-state index in [1.165, 1.54) is 32.1 Å². The summed E-state index contributed by atoms with van der Waals surface area (Å²) in [5.74, 6) is 1.28. The van der Waals surface area contributed by atoms with Crippen molar-refractivity contribution in [2.75, 3.05) is 7.11 Å². The average molecular weight is 344 g/mol. The van der Waals surface area contributed by atoms with Gasteiger partial charge in [-0.15, -0.1) is 13.2 Å². The number of rotatable bonds is 15. The van der Waals surface area contributed by atoms with Crippen molar-refractivity contribution in [1.29, 1.82) is 0 Å². The van der Waals surface area contributed by atoms with Crippen LogP contribution >= 0.6 is 0 Å². The maximum Gasteiger partial charge on any atom is 0.161 e. The summed E-state index contributed by atoms with van der Waals surface area (Å²) in [4.78, 5) is 10.9. The van der Waals surface area contributed by atoms with E-state index in [0.29, 0.717) is 17.1 Å². The zero-order valence-electron chi connectivity index (χ0n) is 15.5. The maximum atomic E-state index is 10.9. The molecular formula is C22H32O3. The Morgan fingerprint density at radius 2 is 1.72 bits per heavy atom. The van der Waals surface area contributed by atoms with Gasteiger partial charge in [0.15, 0.2) is 11.5 Å². The van der Waals surface area contributed by atoms with Gasteiger partial charge in [-0.1, -0.05) is 37.8 Å². The van der Waals surface area contributed by atoms with Crippen molar-refractivity contribution in [2.45, 2.75) is 63.9 Å². The summed E-state index contributed by atoms with van der Waals surface area (Å²) in [5, 5.41) is 0. The van der Waals surface area contributed by atoms with Gasteiger partial charge in [-0.25, -0.2) is 0 Å². The fourth-order valence-electron chi connectivity index (χ4n) is 2.81. The number of unbranched alkanes of at least 4 members (excludes halogenated alkanes) is 6. The summed E-state index contributed by atoms with van der Waals surface area (Å²) >= 11 is 0. The molecule has 1 atom stereocenters. The summed E-state index contributed by atoms with van der Waals surface area (Å²) in [7, 11) is 1.59. The van der Waals surface area contributed by atoms with E-state index in [0.717, 1.165) is 32.0 Å². The van der Waals surface area contributed by atoms with Crippen molar-refractivity contribution >= 4 is 6.29 Å². The van der Waals surface area contributed by atoms with Crippen molar-refractivity contribution in [3.05, 3.63) is 49.1 Å². The van der Waals surface area contributed by atoms with Crippen LogP contribution in [0, 0.1) is 0 Å². The van der Waals surface area contributed by atoms with E-state index in [1.807, 2.05) is 12.2 Å². The van der Waals surface area contributed by atoms with Gasteiger partial charge in [0.2, 0.25) is 0 Å². The largest absolute Gasteiger partial charge is 0.493 e. The number of allylic oxidation sites excluding steroid dienone is 1. The van der Waals surface area contributed by atoms with Crippen LogP contribution < -0.4 is 9.47 Å². The van der Waals surface area contributed by atoms with Crippen molar-refractivity contribution < 1.29 is 14.3 Å². The van der Waals surface area contributed by atoms with Gasteiger partial charge in [-0.05, 0) is 43.9 Å². The summed E-state index contributed by atoms with van der Waals surface area (Å²) in [6, 6.07) is 5.26. The molecule has 0 spiro atoms. The van der Waals surface area contributed by atoms with Gasteiger partial charge < -0.3 is 9.47 Å². The molecule has 0 amide bonds. The molecule has 0 aliphatic carbocycles. The Hall–Kier alpha value is -2.03. The number of hydrogen-bond acceptors (Lipinski definition) is 3. The molecule has 3 nitrogen and oxygen atoms in total. The average Bonchev–Trinajstić information content (AvgIpc) is 2.64. The Morgan fingerprint density at radius 1 is 1.00 bits per heavy atom. The van der Waals surface area contributed by atoms with E-state index in [1.54, 1.807) is 25.3 Å². The third-order valence-electron chi connectivity index (χ3n) is 4.23. The van der Waals surface area contributed by atoms with E-state index in [4.69, 9.17) is 9.47 Å². The Kier molecular flexibility index (Phi) is 11.2. The molecule has 0 radical (unpaired) electrons. The Morgan fingerprint density at radius 3 is 2.36 bits per heavy atom. The second-order valence-electron chi connectivity index (χ2n) is 6.28. The molecular weight excluding hydrogens is 312 g/mol. The lowest BCUT2D eigenvalue weighted by Crippen LogP contribution is -2.16. The summed E-state index contributed by atoms with van der Waals surface area (Å²) in [6.07, 6.45) is 15.2. The minimum Gasteiger partial charge on any atom is -0.493 e. The van der Waals surface area contributed by atoms with Gasteiger partial charge in [0.25, 0.3) is 0 Å². The van der Waals surface area contributed by atoms with Gasteiger partial charge in [-0.2, -0.15) is 0 Å². The molecule has 1 unspecified atom stereocenters. The molecule has 0 aromatic heterocycles. The van der Waals surface area contributed by atoms with Gasteiger partial charge in [0.1, 0.15) is 12.4 Å². The molecule has 138 valence electrons. The van der Waals surface area contributed by atoms with E-state index in [9.17, 15) is 4.79 Å². The lowest BCUT2D eigenvalue weighted by atomic mass is 10.0. The first-order valence-corrected chi connectivity index (χ1v) is 9.26. The van der Waals surface area contributed by atoms with Gasteiger partial charge in [-0.3, -0.25) is 4.79 Å². The minimum atomic E-state index is 0.0919. The molecule has 1 rings (SSSR count). The highest BCUT2D eigenvalue weighted by Gasteiger charge is 2.13. The van der Waals surface area contributed by atoms with Crippen LogP contribution in [0.3, 0.4) is 0 Å². The smallest absolute Gasteiger partial charge is 0.161 e. The molecule has 0 fully saturated rings. The Balaban J connectivity index is 2.42. The van der Waals surface area contributed by atoms with Crippen LogP contribution in [0.5, 0.6) is 11.5 Å². The highest BCUT2D eigenvalue weighted by Crippen LogP contribution is 2.30. The first kappa shape index (κ1) is 21.0. The monoisotopic (exact) mass is 344 g/mol. The van der Waals surface area contributed by atoms with Crippen LogP contribution in [-0.4, -0.2) is 19.5 Å². The third-order valence-corrected chi connectivity index (χ3v) is 4.23. The van der Waals surface area contributed by atoms with Crippen LogP contribution in [0.25, 0.3) is 0 Å². The summed E-state index contributed by atoms with van der Waals surface area (Å²) in [6.45, 7) is 7.59. The maximum absolute atomic E-state index is 10.9. The minimum absolute atomic E-state index is 0.0919. The van der Waals surface area contributed by atoms with Gasteiger partial charge >= 0.3 is 0 Å². The fraction of sp³-hybridized carbons (Fsp3) is 0.500. The normalized spacial score (nSPS) is 11.6. The van der Waals surface area contributed by atoms with Crippen LogP contribution in [0.4, 0.5) is 0 Å². The molecule has 0 saturated carbocycles. The number of methoxy groups -OCH3 is 1. The second-order valence-corrected chi connectivity index (χ2v) is 6.28. The predicted molar refractivity (Wildman–Crippen MR) is 105 cm³/mol. The lowest BCUT2D eigenvalue weighted by Gasteiger charge is -2.19. The molecule has 0 aliphatic heterocycles. The number of carbonyl (C=O) groups excluding carboxylic acids is 1. The van der Waals surface area contributed by atoms with Crippen LogP contribution in [0.1, 0.15) is 68.1 Å². The number of aldehydes is 1. The molecule has 1 aromatic rings. The first-order chi connectivity index (χ1) is 12.2. The topological polar surface area (TPSA) is 35.5 Å². The SMILES string of the molecule is C=CCCCCCCCCC(CC=C)Oc1ccc(C=O)cc1OC. The number of ether oxygens (including phenoxy) is 2. The van der Waals surface area contributed by atoms with Gasteiger partial charge in [0.05, 0.1) is 7.11 Å². The molecule has 0 heterocycles. The van der Waals surface area contributed by atoms with E-state index >= 15 is 0 Å². The highest BCUT2D eigenvalue weighted by molar-refractivity contribution is 5.76.